The zero-order chi connectivity index (χ0) is 15.6. The minimum absolute atomic E-state index is 0.0799. The van der Waals surface area contributed by atoms with Crippen molar-refractivity contribution in [3.63, 3.8) is 0 Å². The third kappa shape index (κ3) is 3.35. The molecule has 1 N–H and O–H groups in total. The van der Waals surface area contributed by atoms with Crippen molar-refractivity contribution in [3.8, 4) is 0 Å². The lowest BCUT2D eigenvalue weighted by Crippen LogP contribution is -2.36. The van der Waals surface area contributed by atoms with E-state index < -0.39 is 15.8 Å². The van der Waals surface area contributed by atoms with Gasteiger partial charge in [-0.15, -0.1) is 0 Å². The lowest BCUT2D eigenvalue weighted by molar-refractivity contribution is 0.0322. The first-order valence-electron chi connectivity index (χ1n) is 6.98. The van der Waals surface area contributed by atoms with Crippen molar-refractivity contribution in [2.45, 2.75) is 24.0 Å². The van der Waals surface area contributed by atoms with E-state index >= 15 is 0 Å². The Morgan fingerprint density at radius 1 is 1.14 bits per heavy atom. The minimum atomic E-state index is -3.73. The molecule has 1 unspecified atom stereocenters. The summed E-state index contributed by atoms with van der Waals surface area (Å²) in [4.78, 5) is -0.0799. The number of fused-ring (bicyclic) bond motifs is 1. The van der Waals surface area contributed by atoms with Crippen molar-refractivity contribution < 1.29 is 17.5 Å². The molecule has 0 amide bonds. The summed E-state index contributed by atoms with van der Waals surface area (Å²) in [6.07, 6.45) is 0.431. The zero-order valence-corrected chi connectivity index (χ0v) is 12.6. The number of hydrogen-bond donors (Lipinski definition) is 1. The third-order valence-electron chi connectivity index (χ3n) is 3.65. The Kier molecular flexibility index (Phi) is 4.24. The average Bonchev–Trinajstić information content (AvgIpc) is 2.53. The van der Waals surface area contributed by atoms with E-state index in [1.807, 2.05) is 24.3 Å². The summed E-state index contributed by atoms with van der Waals surface area (Å²) in [5.74, 6) is -0.578. The van der Waals surface area contributed by atoms with E-state index in [1.54, 1.807) is 0 Å². The van der Waals surface area contributed by atoms with Crippen molar-refractivity contribution in [2.24, 2.45) is 0 Å². The van der Waals surface area contributed by atoms with Gasteiger partial charge in [-0.25, -0.2) is 17.5 Å². The van der Waals surface area contributed by atoms with Crippen LogP contribution in [0.5, 0.6) is 0 Å². The van der Waals surface area contributed by atoms with E-state index in [-0.39, 0.29) is 17.5 Å². The molecule has 1 aliphatic rings. The maximum Gasteiger partial charge on any atom is 0.240 e. The number of halogens is 1. The number of hydrogen-bond acceptors (Lipinski definition) is 3. The molecule has 4 nitrogen and oxygen atoms in total. The molecule has 2 aromatic rings. The molecule has 1 heterocycles. The van der Waals surface area contributed by atoms with Gasteiger partial charge in [-0.05, 0) is 29.3 Å². The molecule has 2 aromatic carbocycles. The van der Waals surface area contributed by atoms with E-state index in [0.717, 1.165) is 11.6 Å². The quantitative estimate of drug-likeness (QED) is 0.940. The van der Waals surface area contributed by atoms with Crippen LogP contribution >= 0.6 is 0 Å². The molecular weight excluding hydrogens is 305 g/mol. The molecule has 0 aromatic heterocycles. The van der Waals surface area contributed by atoms with Crippen LogP contribution in [-0.4, -0.2) is 21.1 Å². The molecule has 0 fully saturated rings. The molecule has 1 aliphatic heterocycles. The third-order valence-corrected chi connectivity index (χ3v) is 5.07. The summed E-state index contributed by atoms with van der Waals surface area (Å²) in [7, 11) is -3.73. The first-order chi connectivity index (χ1) is 10.5. The molecule has 0 bridgehead atoms. The van der Waals surface area contributed by atoms with Gasteiger partial charge in [-0.2, -0.15) is 0 Å². The summed E-state index contributed by atoms with van der Waals surface area (Å²) >= 11 is 0. The van der Waals surface area contributed by atoms with Gasteiger partial charge in [-0.1, -0.05) is 30.3 Å². The fraction of sp³-hybridized carbons (Fsp3) is 0.250. The molecule has 0 spiro atoms. The second-order valence-corrected chi connectivity index (χ2v) is 6.98. The van der Waals surface area contributed by atoms with Gasteiger partial charge in [0.25, 0.3) is 0 Å². The van der Waals surface area contributed by atoms with Gasteiger partial charge in [0.05, 0.1) is 17.6 Å². The maximum atomic E-state index is 13.1. The highest BCUT2D eigenvalue weighted by Crippen LogP contribution is 2.20. The van der Waals surface area contributed by atoms with Crippen molar-refractivity contribution in [2.75, 3.05) is 6.54 Å². The van der Waals surface area contributed by atoms with E-state index in [4.69, 9.17) is 4.74 Å². The standard InChI is InChI=1S/C16H16FNO3S/c17-14-6-3-7-16(9-14)22(19,20)18-10-15-8-12-4-1-2-5-13(12)11-21-15/h1-7,9,15,18H,8,10-11H2. The topological polar surface area (TPSA) is 55.4 Å². The molecule has 116 valence electrons. The lowest BCUT2D eigenvalue weighted by atomic mass is 9.99. The summed E-state index contributed by atoms with van der Waals surface area (Å²) in [6, 6.07) is 12.9. The molecule has 0 saturated carbocycles. The molecule has 0 aliphatic carbocycles. The van der Waals surface area contributed by atoms with Crippen LogP contribution in [0.15, 0.2) is 53.4 Å². The van der Waals surface area contributed by atoms with Crippen molar-refractivity contribution >= 4 is 10.0 Å². The van der Waals surface area contributed by atoms with Crippen LogP contribution in [0.25, 0.3) is 0 Å². The summed E-state index contributed by atoms with van der Waals surface area (Å²) in [5, 5.41) is 0. The van der Waals surface area contributed by atoms with Crippen LogP contribution in [0, 0.1) is 5.82 Å². The largest absolute Gasteiger partial charge is 0.372 e. The molecule has 6 heteroatoms. The van der Waals surface area contributed by atoms with Crippen LogP contribution in [0.4, 0.5) is 4.39 Å². The minimum Gasteiger partial charge on any atom is -0.372 e. The second-order valence-electron chi connectivity index (χ2n) is 5.22. The van der Waals surface area contributed by atoms with Gasteiger partial charge in [0, 0.05) is 13.0 Å². The number of nitrogens with one attached hydrogen (secondary N) is 1. The van der Waals surface area contributed by atoms with Crippen molar-refractivity contribution in [1.29, 1.82) is 0 Å². The Bertz CT molecular complexity index is 776. The van der Waals surface area contributed by atoms with Crippen LogP contribution in [0.3, 0.4) is 0 Å². The van der Waals surface area contributed by atoms with E-state index in [1.165, 1.54) is 23.8 Å². The van der Waals surface area contributed by atoms with E-state index in [0.29, 0.717) is 13.0 Å². The second kappa shape index (κ2) is 6.16. The van der Waals surface area contributed by atoms with Crippen molar-refractivity contribution in [1.82, 2.24) is 4.72 Å². The molecule has 22 heavy (non-hydrogen) atoms. The highest BCUT2D eigenvalue weighted by atomic mass is 32.2. The highest BCUT2D eigenvalue weighted by molar-refractivity contribution is 7.89. The van der Waals surface area contributed by atoms with Gasteiger partial charge < -0.3 is 4.74 Å². The van der Waals surface area contributed by atoms with Crippen LogP contribution < -0.4 is 4.72 Å². The SMILES string of the molecule is O=S(=O)(NCC1Cc2ccccc2CO1)c1cccc(F)c1. The number of ether oxygens (including phenoxy) is 1. The molecule has 0 radical (unpaired) electrons. The normalized spacial score (nSPS) is 18.0. The number of sulfonamides is 1. The molecular formula is C16H16FNO3S. The highest BCUT2D eigenvalue weighted by Gasteiger charge is 2.22. The Hall–Kier alpha value is -1.76. The Morgan fingerprint density at radius 3 is 2.68 bits per heavy atom. The zero-order valence-electron chi connectivity index (χ0n) is 11.8. The first kappa shape index (κ1) is 15.1. The van der Waals surface area contributed by atoms with Crippen LogP contribution in [0.2, 0.25) is 0 Å². The Morgan fingerprint density at radius 2 is 1.91 bits per heavy atom. The average molecular weight is 321 g/mol. The fourth-order valence-corrected chi connectivity index (χ4v) is 3.56. The Labute approximate surface area is 129 Å². The van der Waals surface area contributed by atoms with Crippen molar-refractivity contribution in [3.05, 3.63) is 65.5 Å². The summed E-state index contributed by atoms with van der Waals surface area (Å²) < 4.78 is 45.6. The van der Waals surface area contributed by atoms with Crippen LogP contribution in [0.1, 0.15) is 11.1 Å². The lowest BCUT2D eigenvalue weighted by Gasteiger charge is -2.25. The van der Waals surface area contributed by atoms with Gasteiger partial charge >= 0.3 is 0 Å². The van der Waals surface area contributed by atoms with Gasteiger partial charge in [-0.3, -0.25) is 0 Å². The maximum absolute atomic E-state index is 13.1. The first-order valence-corrected chi connectivity index (χ1v) is 8.46. The monoisotopic (exact) mass is 321 g/mol. The van der Waals surface area contributed by atoms with Gasteiger partial charge in [0.1, 0.15) is 5.82 Å². The van der Waals surface area contributed by atoms with E-state index in [9.17, 15) is 12.8 Å². The molecule has 3 rings (SSSR count). The smallest absolute Gasteiger partial charge is 0.240 e. The molecule has 0 saturated heterocycles. The number of benzene rings is 2. The predicted molar refractivity (Wildman–Crippen MR) is 80.3 cm³/mol. The van der Waals surface area contributed by atoms with Gasteiger partial charge in [0.15, 0.2) is 0 Å². The summed E-state index contributed by atoms with van der Waals surface area (Å²) in [5.41, 5.74) is 2.30. The fourth-order valence-electron chi connectivity index (χ4n) is 2.46. The molecule has 1 atom stereocenters. The summed E-state index contributed by atoms with van der Waals surface area (Å²) in [6.45, 7) is 0.635. The Balaban J connectivity index is 1.66. The predicted octanol–water partition coefficient (Wildman–Crippen LogP) is 2.25. The van der Waals surface area contributed by atoms with E-state index in [2.05, 4.69) is 4.72 Å². The van der Waals surface area contributed by atoms with Crippen LogP contribution in [-0.2, 0) is 27.8 Å². The number of rotatable bonds is 4. The van der Waals surface area contributed by atoms with Gasteiger partial charge in [0.2, 0.25) is 10.0 Å².